The Balaban J connectivity index is 1.43. The van der Waals surface area contributed by atoms with Crippen molar-refractivity contribution in [1.29, 1.82) is 0 Å². The van der Waals surface area contributed by atoms with Gasteiger partial charge in [-0.2, -0.15) is 0 Å². The summed E-state index contributed by atoms with van der Waals surface area (Å²) in [5, 5.41) is 2.77. The van der Waals surface area contributed by atoms with Gasteiger partial charge in [0.25, 0.3) is 5.91 Å². The van der Waals surface area contributed by atoms with Crippen molar-refractivity contribution >= 4 is 17.2 Å². The lowest BCUT2D eigenvalue weighted by atomic mass is 10.3. The fourth-order valence-corrected chi connectivity index (χ4v) is 2.54. The standard InChI is InChI=1S/C17H15N3O4/c1-11-8-20-6-2-3-14(17(20)18-11)22-9-16(21)19-12-4-5-13-15(7-12)24-10-23-13/h2-8H,9-10H2,1H3,(H,19,21). The molecule has 0 fully saturated rings. The van der Waals surface area contributed by atoms with Crippen LogP contribution in [0.4, 0.5) is 5.69 Å². The highest BCUT2D eigenvalue weighted by atomic mass is 16.7. The largest absolute Gasteiger partial charge is 0.480 e. The third-order valence-corrected chi connectivity index (χ3v) is 3.58. The Morgan fingerprint density at radius 2 is 2.21 bits per heavy atom. The van der Waals surface area contributed by atoms with E-state index in [4.69, 9.17) is 14.2 Å². The lowest BCUT2D eigenvalue weighted by Gasteiger charge is -2.08. The molecule has 24 heavy (non-hydrogen) atoms. The van der Waals surface area contributed by atoms with Crippen molar-refractivity contribution in [2.75, 3.05) is 18.7 Å². The molecule has 1 amide bonds. The van der Waals surface area contributed by atoms with E-state index in [1.165, 1.54) is 0 Å². The number of hydrogen-bond donors (Lipinski definition) is 1. The highest BCUT2D eigenvalue weighted by molar-refractivity contribution is 5.92. The first-order valence-corrected chi connectivity index (χ1v) is 7.46. The second-order valence-electron chi connectivity index (χ2n) is 5.39. The van der Waals surface area contributed by atoms with E-state index >= 15 is 0 Å². The highest BCUT2D eigenvalue weighted by Gasteiger charge is 2.14. The molecule has 3 heterocycles. The molecule has 0 aliphatic carbocycles. The van der Waals surface area contributed by atoms with Gasteiger partial charge in [-0.25, -0.2) is 4.98 Å². The van der Waals surface area contributed by atoms with Crippen molar-refractivity contribution in [3.05, 3.63) is 48.4 Å². The number of aryl methyl sites for hydroxylation is 1. The van der Waals surface area contributed by atoms with Gasteiger partial charge < -0.3 is 23.9 Å². The lowest BCUT2D eigenvalue weighted by Crippen LogP contribution is -2.20. The first-order chi connectivity index (χ1) is 11.7. The molecule has 1 aliphatic heterocycles. The second kappa shape index (κ2) is 5.77. The minimum absolute atomic E-state index is 0.111. The Morgan fingerprint density at radius 3 is 3.12 bits per heavy atom. The SMILES string of the molecule is Cc1cn2cccc(OCC(=O)Nc3ccc4c(c3)OCO4)c2n1. The van der Waals surface area contributed by atoms with Gasteiger partial charge in [-0.15, -0.1) is 0 Å². The number of nitrogens with one attached hydrogen (secondary N) is 1. The fraction of sp³-hybridized carbons (Fsp3) is 0.176. The van der Waals surface area contributed by atoms with Crippen LogP contribution in [0.15, 0.2) is 42.7 Å². The molecule has 0 saturated carbocycles. The Kier molecular flexibility index (Phi) is 3.45. The molecular formula is C17H15N3O4. The quantitative estimate of drug-likeness (QED) is 0.797. The van der Waals surface area contributed by atoms with Crippen LogP contribution in [0.25, 0.3) is 5.65 Å². The molecule has 0 bridgehead atoms. The summed E-state index contributed by atoms with van der Waals surface area (Å²) in [5.74, 6) is 1.59. The van der Waals surface area contributed by atoms with E-state index < -0.39 is 0 Å². The Hall–Kier alpha value is -3.22. The van der Waals surface area contributed by atoms with E-state index in [0.29, 0.717) is 28.6 Å². The maximum atomic E-state index is 12.1. The van der Waals surface area contributed by atoms with Crippen LogP contribution in [0.5, 0.6) is 17.2 Å². The molecule has 7 nitrogen and oxygen atoms in total. The predicted molar refractivity (Wildman–Crippen MR) is 86.6 cm³/mol. The number of carbonyl (C=O) groups excluding carboxylic acids is 1. The molecule has 0 atom stereocenters. The Bertz CT molecular complexity index is 919. The molecule has 1 N–H and O–H groups in total. The van der Waals surface area contributed by atoms with Gasteiger partial charge in [0.15, 0.2) is 29.5 Å². The summed E-state index contributed by atoms with van der Waals surface area (Å²) in [5.41, 5.74) is 2.20. The maximum absolute atomic E-state index is 12.1. The van der Waals surface area contributed by atoms with Crippen molar-refractivity contribution in [3.8, 4) is 17.2 Å². The van der Waals surface area contributed by atoms with Gasteiger partial charge in [-0.05, 0) is 31.2 Å². The third kappa shape index (κ3) is 2.71. The number of imidazole rings is 1. The maximum Gasteiger partial charge on any atom is 0.262 e. The number of carbonyl (C=O) groups is 1. The highest BCUT2D eigenvalue weighted by Crippen LogP contribution is 2.34. The summed E-state index contributed by atoms with van der Waals surface area (Å²) in [6, 6.07) is 8.87. The lowest BCUT2D eigenvalue weighted by molar-refractivity contribution is -0.118. The normalized spacial score (nSPS) is 12.4. The van der Waals surface area contributed by atoms with Crippen molar-refractivity contribution in [3.63, 3.8) is 0 Å². The first kappa shape index (κ1) is 14.4. The van der Waals surface area contributed by atoms with Crippen molar-refractivity contribution in [2.45, 2.75) is 6.92 Å². The average Bonchev–Trinajstić information content (AvgIpc) is 3.17. The van der Waals surface area contributed by atoms with Gasteiger partial charge >= 0.3 is 0 Å². The van der Waals surface area contributed by atoms with Crippen LogP contribution in [0, 0.1) is 6.92 Å². The van der Waals surface area contributed by atoms with Crippen LogP contribution in [0.2, 0.25) is 0 Å². The molecule has 0 unspecified atom stereocenters. The van der Waals surface area contributed by atoms with E-state index in [2.05, 4.69) is 10.3 Å². The van der Waals surface area contributed by atoms with E-state index in [9.17, 15) is 4.79 Å². The molecule has 122 valence electrons. The first-order valence-electron chi connectivity index (χ1n) is 7.46. The molecule has 2 aromatic heterocycles. The number of pyridine rings is 1. The average molecular weight is 325 g/mol. The third-order valence-electron chi connectivity index (χ3n) is 3.58. The second-order valence-corrected chi connectivity index (χ2v) is 5.39. The van der Waals surface area contributed by atoms with Crippen LogP contribution in [0.3, 0.4) is 0 Å². The molecule has 1 aromatic carbocycles. The molecule has 0 spiro atoms. The topological polar surface area (TPSA) is 74.1 Å². The number of aromatic nitrogens is 2. The number of fused-ring (bicyclic) bond motifs is 2. The fourth-order valence-electron chi connectivity index (χ4n) is 2.54. The number of amides is 1. The number of anilines is 1. The van der Waals surface area contributed by atoms with Gasteiger partial charge in [0.05, 0.1) is 5.69 Å². The van der Waals surface area contributed by atoms with Gasteiger partial charge in [-0.1, -0.05) is 0 Å². The zero-order valence-corrected chi connectivity index (χ0v) is 13.0. The van der Waals surface area contributed by atoms with Crippen LogP contribution >= 0.6 is 0 Å². The zero-order valence-electron chi connectivity index (χ0n) is 13.0. The van der Waals surface area contributed by atoms with Crippen molar-refractivity contribution in [1.82, 2.24) is 9.38 Å². The predicted octanol–water partition coefficient (Wildman–Crippen LogP) is 2.39. The van der Waals surface area contributed by atoms with Crippen LogP contribution < -0.4 is 19.5 Å². The number of hydrogen-bond acceptors (Lipinski definition) is 5. The van der Waals surface area contributed by atoms with Gasteiger partial charge in [-0.3, -0.25) is 4.79 Å². The summed E-state index contributed by atoms with van der Waals surface area (Å²) < 4.78 is 18.0. The van der Waals surface area contributed by atoms with Crippen LogP contribution in [-0.4, -0.2) is 28.7 Å². The van der Waals surface area contributed by atoms with Crippen LogP contribution in [-0.2, 0) is 4.79 Å². The Morgan fingerprint density at radius 1 is 1.33 bits per heavy atom. The summed E-state index contributed by atoms with van der Waals surface area (Å²) >= 11 is 0. The number of benzene rings is 1. The van der Waals surface area contributed by atoms with E-state index in [1.807, 2.05) is 29.8 Å². The molecule has 4 rings (SSSR count). The van der Waals surface area contributed by atoms with Crippen molar-refractivity contribution < 1.29 is 19.0 Å². The summed E-state index contributed by atoms with van der Waals surface area (Å²) in [6.45, 7) is 1.99. The molecule has 7 heteroatoms. The Labute approximate surface area is 137 Å². The summed E-state index contributed by atoms with van der Waals surface area (Å²) in [4.78, 5) is 16.5. The minimum Gasteiger partial charge on any atom is -0.480 e. The molecule has 3 aromatic rings. The number of rotatable bonds is 4. The molecule has 0 saturated heterocycles. The molecule has 1 aliphatic rings. The van der Waals surface area contributed by atoms with Crippen LogP contribution in [0.1, 0.15) is 5.69 Å². The number of nitrogens with zero attached hydrogens (tertiary/aromatic N) is 2. The molecular weight excluding hydrogens is 310 g/mol. The van der Waals surface area contributed by atoms with E-state index in [0.717, 1.165) is 5.69 Å². The monoisotopic (exact) mass is 325 g/mol. The van der Waals surface area contributed by atoms with Crippen molar-refractivity contribution in [2.24, 2.45) is 0 Å². The minimum atomic E-state index is -0.265. The van der Waals surface area contributed by atoms with E-state index in [-0.39, 0.29) is 19.3 Å². The smallest absolute Gasteiger partial charge is 0.262 e. The van der Waals surface area contributed by atoms with Gasteiger partial charge in [0, 0.05) is 24.1 Å². The zero-order chi connectivity index (χ0) is 16.5. The van der Waals surface area contributed by atoms with E-state index in [1.54, 1.807) is 24.3 Å². The van der Waals surface area contributed by atoms with Gasteiger partial charge in [0.1, 0.15) is 0 Å². The van der Waals surface area contributed by atoms with Gasteiger partial charge in [0.2, 0.25) is 6.79 Å². The summed E-state index contributed by atoms with van der Waals surface area (Å²) in [7, 11) is 0. The number of ether oxygens (including phenoxy) is 3. The molecule has 0 radical (unpaired) electrons. The summed E-state index contributed by atoms with van der Waals surface area (Å²) in [6.07, 6.45) is 3.78.